The minimum Gasteiger partial charge on any atom is -0.481 e. The van der Waals surface area contributed by atoms with Crippen LogP contribution in [0.25, 0.3) is 5.69 Å². The minimum absolute atomic E-state index is 0.266. The van der Waals surface area contributed by atoms with Gasteiger partial charge in [0.25, 0.3) is 5.91 Å². The van der Waals surface area contributed by atoms with Gasteiger partial charge >= 0.3 is 5.97 Å². The number of benzene rings is 1. The summed E-state index contributed by atoms with van der Waals surface area (Å²) in [5.74, 6) is -1.68. The van der Waals surface area contributed by atoms with Crippen molar-refractivity contribution in [3.63, 3.8) is 0 Å². The van der Waals surface area contributed by atoms with Crippen molar-refractivity contribution in [3.8, 4) is 5.69 Å². The van der Waals surface area contributed by atoms with Crippen molar-refractivity contribution in [2.75, 3.05) is 6.54 Å². The van der Waals surface area contributed by atoms with Crippen molar-refractivity contribution in [3.05, 3.63) is 46.2 Å². The molecule has 1 fully saturated rings. The highest BCUT2D eigenvalue weighted by atomic mass is 35.5. The summed E-state index contributed by atoms with van der Waals surface area (Å²) in [6.07, 6.45) is 2.91. The fourth-order valence-electron chi connectivity index (χ4n) is 3.12. The maximum absolute atomic E-state index is 12.8. The number of carbonyl (C=O) groups is 2. The standard InChI is InChI=1S/C17H17Cl2N3O3/c1-10-12(17(24)25)3-2-7-21(10)16(23)15-6-8-22(20-15)11-4-5-13(18)14(19)9-11/h4-6,8-10,12H,2-3,7H2,1H3,(H,24,25)/t10-,12-/m1/s1. The minimum atomic E-state index is -0.869. The molecule has 8 heteroatoms. The summed E-state index contributed by atoms with van der Waals surface area (Å²) in [4.78, 5) is 25.7. The Morgan fingerprint density at radius 2 is 2.00 bits per heavy atom. The van der Waals surface area contributed by atoms with Gasteiger partial charge in [-0.25, -0.2) is 4.68 Å². The predicted octanol–water partition coefficient (Wildman–Crippen LogP) is 3.50. The number of carboxylic acids is 1. The quantitative estimate of drug-likeness (QED) is 0.882. The second-order valence-electron chi connectivity index (χ2n) is 6.07. The lowest BCUT2D eigenvalue weighted by Crippen LogP contribution is -2.49. The Balaban J connectivity index is 1.82. The molecule has 2 aromatic rings. The lowest BCUT2D eigenvalue weighted by atomic mass is 9.90. The van der Waals surface area contributed by atoms with E-state index in [4.69, 9.17) is 23.2 Å². The number of likely N-dealkylation sites (tertiary alicyclic amines) is 1. The highest BCUT2D eigenvalue weighted by Gasteiger charge is 2.36. The van der Waals surface area contributed by atoms with Crippen molar-refractivity contribution in [2.24, 2.45) is 5.92 Å². The molecule has 3 rings (SSSR count). The van der Waals surface area contributed by atoms with Crippen molar-refractivity contribution in [1.82, 2.24) is 14.7 Å². The summed E-state index contributed by atoms with van der Waals surface area (Å²) in [5.41, 5.74) is 0.951. The second kappa shape index (κ2) is 7.06. The summed E-state index contributed by atoms with van der Waals surface area (Å²) in [5, 5.41) is 14.4. The number of carboxylic acid groups (broad SMARTS) is 1. The molecule has 2 heterocycles. The first kappa shape index (κ1) is 17.8. The van der Waals surface area contributed by atoms with Crippen LogP contribution in [0.15, 0.2) is 30.5 Å². The van der Waals surface area contributed by atoms with Crippen LogP contribution in [-0.4, -0.2) is 44.3 Å². The molecule has 1 aromatic heterocycles. The molecule has 1 saturated heterocycles. The Morgan fingerprint density at radius 1 is 1.24 bits per heavy atom. The van der Waals surface area contributed by atoms with Gasteiger partial charge in [-0.15, -0.1) is 0 Å². The van der Waals surface area contributed by atoms with Crippen LogP contribution >= 0.6 is 23.2 Å². The van der Waals surface area contributed by atoms with Crippen molar-refractivity contribution in [1.29, 1.82) is 0 Å². The number of hydrogen-bond donors (Lipinski definition) is 1. The number of carbonyl (C=O) groups excluding carboxylic acids is 1. The van der Waals surface area contributed by atoms with Gasteiger partial charge in [-0.1, -0.05) is 23.2 Å². The molecule has 1 amide bonds. The maximum atomic E-state index is 12.8. The van der Waals surface area contributed by atoms with E-state index in [2.05, 4.69) is 5.10 Å². The third-order valence-corrected chi connectivity index (χ3v) is 5.28. The summed E-state index contributed by atoms with van der Waals surface area (Å²) in [7, 11) is 0. The Labute approximate surface area is 154 Å². The molecule has 6 nitrogen and oxygen atoms in total. The molecule has 1 aromatic carbocycles. The molecular weight excluding hydrogens is 365 g/mol. The van der Waals surface area contributed by atoms with E-state index < -0.39 is 11.9 Å². The van der Waals surface area contributed by atoms with E-state index in [1.54, 1.807) is 47.0 Å². The van der Waals surface area contributed by atoms with Gasteiger partial charge in [-0.2, -0.15) is 5.10 Å². The monoisotopic (exact) mass is 381 g/mol. The van der Waals surface area contributed by atoms with Crippen LogP contribution in [0, 0.1) is 5.92 Å². The van der Waals surface area contributed by atoms with Gasteiger partial charge < -0.3 is 10.0 Å². The molecule has 1 aliphatic rings. The zero-order chi connectivity index (χ0) is 18.1. The van der Waals surface area contributed by atoms with E-state index in [0.29, 0.717) is 35.1 Å². The van der Waals surface area contributed by atoms with Gasteiger partial charge in [0.15, 0.2) is 5.69 Å². The zero-order valence-electron chi connectivity index (χ0n) is 13.5. The molecule has 0 saturated carbocycles. The topological polar surface area (TPSA) is 75.4 Å². The number of halogens is 2. The van der Waals surface area contributed by atoms with E-state index >= 15 is 0 Å². The Kier molecular flexibility index (Phi) is 5.01. The van der Waals surface area contributed by atoms with E-state index in [-0.39, 0.29) is 17.6 Å². The number of aliphatic carboxylic acids is 1. The first-order valence-corrected chi connectivity index (χ1v) is 8.69. The number of rotatable bonds is 3. The van der Waals surface area contributed by atoms with Crippen LogP contribution in [-0.2, 0) is 4.79 Å². The van der Waals surface area contributed by atoms with Crippen LogP contribution in [0.3, 0.4) is 0 Å². The first-order chi connectivity index (χ1) is 11.9. The highest BCUT2D eigenvalue weighted by molar-refractivity contribution is 6.42. The molecule has 132 valence electrons. The van der Waals surface area contributed by atoms with Gasteiger partial charge in [0.1, 0.15) is 0 Å². The number of amides is 1. The average molecular weight is 382 g/mol. The molecule has 0 bridgehead atoms. The van der Waals surface area contributed by atoms with E-state index in [0.717, 1.165) is 0 Å². The molecular formula is C17H17Cl2N3O3. The Morgan fingerprint density at radius 3 is 2.68 bits per heavy atom. The first-order valence-electron chi connectivity index (χ1n) is 7.93. The number of aromatic nitrogens is 2. The van der Waals surface area contributed by atoms with Crippen molar-refractivity contribution >= 4 is 35.1 Å². The van der Waals surface area contributed by atoms with E-state index in [1.807, 2.05) is 0 Å². The molecule has 0 unspecified atom stereocenters. The molecule has 1 N–H and O–H groups in total. The molecule has 25 heavy (non-hydrogen) atoms. The van der Waals surface area contributed by atoms with Crippen LogP contribution < -0.4 is 0 Å². The third-order valence-electron chi connectivity index (χ3n) is 4.54. The van der Waals surface area contributed by atoms with Gasteiger partial charge in [-0.3, -0.25) is 9.59 Å². The van der Waals surface area contributed by atoms with Gasteiger partial charge in [0.2, 0.25) is 0 Å². The lowest BCUT2D eigenvalue weighted by molar-refractivity contribution is -0.144. The molecule has 2 atom stereocenters. The predicted molar refractivity (Wildman–Crippen MR) is 94.4 cm³/mol. The van der Waals surface area contributed by atoms with E-state index in [9.17, 15) is 14.7 Å². The third kappa shape index (κ3) is 3.50. The molecule has 0 radical (unpaired) electrons. The molecule has 0 aliphatic carbocycles. The highest BCUT2D eigenvalue weighted by Crippen LogP contribution is 2.26. The maximum Gasteiger partial charge on any atom is 0.308 e. The number of hydrogen-bond acceptors (Lipinski definition) is 3. The lowest BCUT2D eigenvalue weighted by Gasteiger charge is -2.37. The second-order valence-corrected chi connectivity index (χ2v) is 6.88. The van der Waals surface area contributed by atoms with Crippen molar-refractivity contribution in [2.45, 2.75) is 25.8 Å². The van der Waals surface area contributed by atoms with Crippen molar-refractivity contribution < 1.29 is 14.7 Å². The number of piperidine rings is 1. The molecule has 0 spiro atoms. The van der Waals surface area contributed by atoms with Crippen LogP contribution in [0.2, 0.25) is 10.0 Å². The smallest absolute Gasteiger partial charge is 0.308 e. The Bertz CT molecular complexity index is 821. The fourth-order valence-corrected chi connectivity index (χ4v) is 3.41. The fraction of sp³-hybridized carbons (Fsp3) is 0.353. The summed E-state index contributed by atoms with van der Waals surface area (Å²) >= 11 is 11.9. The van der Waals surface area contributed by atoms with Gasteiger partial charge in [0.05, 0.1) is 21.7 Å². The van der Waals surface area contributed by atoms with Crippen LogP contribution in [0.5, 0.6) is 0 Å². The van der Waals surface area contributed by atoms with Crippen LogP contribution in [0.4, 0.5) is 0 Å². The summed E-state index contributed by atoms with van der Waals surface area (Å²) in [6.45, 7) is 2.30. The Hall–Kier alpha value is -2.05. The average Bonchev–Trinajstić information content (AvgIpc) is 3.06. The van der Waals surface area contributed by atoms with Crippen LogP contribution in [0.1, 0.15) is 30.3 Å². The largest absolute Gasteiger partial charge is 0.481 e. The van der Waals surface area contributed by atoms with Gasteiger partial charge in [-0.05, 0) is 44.0 Å². The SMILES string of the molecule is C[C@@H]1[C@H](C(=O)O)CCCN1C(=O)c1ccn(-c2ccc(Cl)c(Cl)c2)n1. The normalized spacial score (nSPS) is 20.5. The summed E-state index contributed by atoms with van der Waals surface area (Å²) < 4.78 is 1.54. The summed E-state index contributed by atoms with van der Waals surface area (Å²) in [6, 6.07) is 6.32. The van der Waals surface area contributed by atoms with Gasteiger partial charge in [0, 0.05) is 18.8 Å². The zero-order valence-corrected chi connectivity index (χ0v) is 15.0. The molecule has 1 aliphatic heterocycles. The number of nitrogens with zero attached hydrogens (tertiary/aromatic N) is 3. The van der Waals surface area contributed by atoms with E-state index in [1.165, 1.54) is 0 Å².